The van der Waals surface area contributed by atoms with Gasteiger partial charge in [0.1, 0.15) is 22.8 Å². The van der Waals surface area contributed by atoms with Crippen molar-refractivity contribution in [1.82, 2.24) is 10.2 Å². The number of likely N-dealkylation sites (N-methyl/N-ethyl adjacent to an activating group) is 1. The third-order valence-corrected chi connectivity index (χ3v) is 8.68. The summed E-state index contributed by atoms with van der Waals surface area (Å²) in [6.45, 7) is 1.97. The number of aliphatic hydroxyl groups excluding tert-OH is 2. The molecule has 2 aromatic rings. The van der Waals surface area contributed by atoms with Crippen LogP contribution in [0.4, 0.5) is 0 Å². The number of benzene rings is 2. The normalized spacial score (nSPS) is 25.4. The number of methoxy groups -OCH3 is 1. The molecule has 3 aliphatic rings. The lowest BCUT2D eigenvalue weighted by molar-refractivity contribution is -0.153. The number of carbonyl (C=O) groups excluding carboxylic acids is 3. The lowest BCUT2D eigenvalue weighted by atomic mass is 9.57. The number of phenolic OH excluding ortho intramolecular Hbond substituents is 1. The minimum Gasteiger partial charge on any atom is -0.508 e. The van der Waals surface area contributed by atoms with Crippen molar-refractivity contribution < 1.29 is 39.5 Å². The van der Waals surface area contributed by atoms with Gasteiger partial charge in [-0.25, -0.2) is 0 Å². The number of aliphatic hydroxyl groups is 3. The topological polar surface area (TPSA) is 183 Å². The van der Waals surface area contributed by atoms with Crippen LogP contribution in [0.1, 0.15) is 23.1 Å². The van der Waals surface area contributed by atoms with E-state index in [9.17, 15) is 34.8 Å². The van der Waals surface area contributed by atoms with Gasteiger partial charge < -0.3 is 36.2 Å². The number of rotatable bonds is 8. The molecule has 0 saturated heterocycles. The average Bonchev–Trinajstić information content (AvgIpc) is 2.93. The smallest absolute Gasteiger partial charge is 0.255 e. The van der Waals surface area contributed by atoms with Gasteiger partial charge in [-0.15, -0.1) is 0 Å². The molecule has 0 heterocycles. The van der Waals surface area contributed by atoms with E-state index in [0.717, 1.165) is 16.7 Å². The fraction of sp³-hybridized carbons (Fsp3) is 0.387. The maximum Gasteiger partial charge on any atom is 0.255 e. The second-order valence-corrected chi connectivity index (χ2v) is 11.3. The van der Waals surface area contributed by atoms with E-state index in [0.29, 0.717) is 25.3 Å². The molecule has 42 heavy (non-hydrogen) atoms. The second-order valence-electron chi connectivity index (χ2n) is 11.3. The summed E-state index contributed by atoms with van der Waals surface area (Å²) >= 11 is 0. The van der Waals surface area contributed by atoms with Gasteiger partial charge in [-0.1, -0.05) is 30.3 Å². The van der Waals surface area contributed by atoms with Crippen molar-refractivity contribution >= 4 is 23.2 Å². The van der Waals surface area contributed by atoms with Crippen LogP contribution < -0.4 is 11.1 Å². The van der Waals surface area contributed by atoms with Crippen LogP contribution in [0, 0.1) is 11.8 Å². The van der Waals surface area contributed by atoms with E-state index in [4.69, 9.17) is 10.5 Å². The number of carbonyl (C=O) groups is 3. The summed E-state index contributed by atoms with van der Waals surface area (Å²) in [5, 5.41) is 48.3. The van der Waals surface area contributed by atoms with Gasteiger partial charge in [0.05, 0.1) is 18.2 Å². The SMILES string of the molecule is COCCNCc1ccc(-c2ccc(O)c3c2C[C@H]2C[C@H]4[C@H](N(C)C)C(=O)C(C(N)=O)=C(O)[C@@]4(O)C(=O)C2=C3O)cc1. The van der Waals surface area contributed by atoms with Crippen molar-refractivity contribution in [2.24, 2.45) is 17.6 Å². The standard InChI is InChI=1S/C31H35N3O8/c1-34(2)25-20-13-17-12-19-18(16-6-4-15(5-7-16)14-33-10-11-42-3)8-9-21(35)23(19)26(36)22(17)28(38)31(20,41)29(39)24(27(25)37)30(32)40/h4-9,17,20,25,33,35-36,39,41H,10-14H2,1-3H3,(H2,32,40)/t17-,20-,25-,31-/m0/s1. The molecule has 11 heteroatoms. The monoisotopic (exact) mass is 577 g/mol. The Balaban J connectivity index is 1.59. The van der Waals surface area contributed by atoms with Gasteiger partial charge in [0.2, 0.25) is 5.78 Å². The molecule has 0 spiro atoms. The van der Waals surface area contributed by atoms with Gasteiger partial charge in [-0.2, -0.15) is 0 Å². The number of primary amides is 1. The predicted octanol–water partition coefficient (Wildman–Crippen LogP) is 1.37. The zero-order valence-electron chi connectivity index (χ0n) is 23.7. The van der Waals surface area contributed by atoms with Crippen molar-refractivity contribution in [1.29, 1.82) is 0 Å². The maximum atomic E-state index is 14.0. The molecule has 222 valence electrons. The first-order valence-electron chi connectivity index (χ1n) is 13.7. The first-order valence-corrected chi connectivity index (χ1v) is 13.7. The number of Topliss-reactive ketones (excluding diaryl/α,β-unsaturated/α-hetero) is 2. The van der Waals surface area contributed by atoms with Crippen LogP contribution in [0.5, 0.6) is 5.75 Å². The molecule has 0 unspecified atom stereocenters. The highest BCUT2D eigenvalue weighted by Gasteiger charge is 2.64. The maximum absolute atomic E-state index is 14.0. The molecule has 1 amide bonds. The molecule has 1 fully saturated rings. The van der Waals surface area contributed by atoms with Crippen molar-refractivity contribution in [3.8, 4) is 16.9 Å². The van der Waals surface area contributed by atoms with Gasteiger partial charge in [-0.3, -0.25) is 19.3 Å². The molecule has 3 aliphatic carbocycles. The number of ketones is 2. The molecule has 7 N–H and O–H groups in total. The molecule has 1 saturated carbocycles. The van der Waals surface area contributed by atoms with Gasteiger partial charge in [0.15, 0.2) is 11.4 Å². The summed E-state index contributed by atoms with van der Waals surface area (Å²) in [6, 6.07) is 9.89. The van der Waals surface area contributed by atoms with Crippen LogP contribution in [0.25, 0.3) is 16.9 Å². The van der Waals surface area contributed by atoms with E-state index >= 15 is 0 Å². The number of aromatic hydroxyl groups is 1. The zero-order chi connectivity index (χ0) is 30.5. The van der Waals surface area contributed by atoms with Gasteiger partial charge in [0, 0.05) is 31.7 Å². The van der Waals surface area contributed by atoms with Crippen LogP contribution in [-0.2, 0) is 32.1 Å². The van der Waals surface area contributed by atoms with Crippen LogP contribution >= 0.6 is 0 Å². The number of hydrogen-bond donors (Lipinski definition) is 6. The van der Waals surface area contributed by atoms with Crippen LogP contribution in [0.3, 0.4) is 0 Å². The fourth-order valence-corrected chi connectivity index (χ4v) is 6.72. The third-order valence-electron chi connectivity index (χ3n) is 8.68. The van der Waals surface area contributed by atoms with Crippen molar-refractivity contribution in [2.45, 2.75) is 31.0 Å². The van der Waals surface area contributed by atoms with Crippen LogP contribution in [0.2, 0.25) is 0 Å². The molecule has 0 aliphatic heterocycles. The van der Waals surface area contributed by atoms with E-state index in [1.165, 1.54) is 11.0 Å². The van der Waals surface area contributed by atoms with Gasteiger partial charge in [-0.05, 0) is 61.2 Å². The number of nitrogens with two attached hydrogens (primary N) is 1. The Bertz CT molecular complexity index is 1530. The first-order chi connectivity index (χ1) is 19.9. The number of hydrogen-bond acceptors (Lipinski definition) is 10. The average molecular weight is 578 g/mol. The molecule has 5 rings (SSSR count). The highest BCUT2D eigenvalue weighted by molar-refractivity contribution is 6.24. The summed E-state index contributed by atoms with van der Waals surface area (Å²) in [6.07, 6.45) is 0.255. The van der Waals surface area contributed by atoms with E-state index < -0.39 is 58.0 Å². The Morgan fingerprint density at radius 1 is 1.12 bits per heavy atom. The largest absolute Gasteiger partial charge is 0.508 e. The van der Waals surface area contributed by atoms with Gasteiger partial charge in [0.25, 0.3) is 5.91 Å². The van der Waals surface area contributed by atoms with Crippen molar-refractivity contribution in [3.63, 3.8) is 0 Å². The van der Waals surface area contributed by atoms with Crippen LogP contribution in [0.15, 0.2) is 53.3 Å². The number of phenols is 1. The molecular weight excluding hydrogens is 542 g/mol. The Hall–Kier alpha value is -4.03. The van der Waals surface area contributed by atoms with E-state index in [2.05, 4.69) is 5.32 Å². The Morgan fingerprint density at radius 3 is 2.43 bits per heavy atom. The van der Waals surface area contributed by atoms with Crippen molar-refractivity contribution in [3.05, 3.63) is 70.0 Å². The number of fused-ring (bicyclic) bond motifs is 3. The Labute approximate surface area is 242 Å². The first kappa shape index (κ1) is 29.5. The molecule has 0 aromatic heterocycles. The number of ether oxygens (including phenoxy) is 1. The number of nitrogens with zero attached hydrogens (tertiary/aromatic N) is 1. The molecular formula is C31H35N3O8. The lowest BCUT2D eigenvalue weighted by Gasteiger charge is -2.50. The van der Waals surface area contributed by atoms with Crippen LogP contribution in [-0.4, -0.2) is 88.8 Å². The van der Waals surface area contributed by atoms with E-state index in [-0.39, 0.29) is 29.7 Å². The third kappa shape index (κ3) is 4.49. The minimum atomic E-state index is -2.66. The molecule has 11 nitrogen and oxygen atoms in total. The number of nitrogens with one attached hydrogen (secondary N) is 1. The molecule has 0 bridgehead atoms. The molecule has 4 atom stereocenters. The summed E-state index contributed by atoms with van der Waals surface area (Å²) in [5.74, 6) is -6.70. The second kappa shape index (κ2) is 11.0. The van der Waals surface area contributed by atoms with E-state index in [1.807, 2.05) is 24.3 Å². The van der Waals surface area contributed by atoms with E-state index in [1.54, 1.807) is 27.3 Å². The quantitative estimate of drug-likeness (QED) is 0.198. The number of amides is 1. The van der Waals surface area contributed by atoms with Crippen molar-refractivity contribution in [2.75, 3.05) is 34.4 Å². The molecule has 2 aromatic carbocycles. The lowest BCUT2D eigenvalue weighted by Crippen LogP contribution is -2.65. The predicted molar refractivity (Wildman–Crippen MR) is 153 cm³/mol. The summed E-state index contributed by atoms with van der Waals surface area (Å²) in [4.78, 5) is 40.9. The summed E-state index contributed by atoms with van der Waals surface area (Å²) in [7, 11) is 4.78. The zero-order valence-corrected chi connectivity index (χ0v) is 23.7. The Morgan fingerprint density at radius 2 is 1.81 bits per heavy atom. The van der Waals surface area contributed by atoms with Gasteiger partial charge >= 0.3 is 0 Å². The Kier molecular flexibility index (Phi) is 7.71. The summed E-state index contributed by atoms with van der Waals surface area (Å²) in [5.41, 5.74) is 5.04. The highest BCUT2D eigenvalue weighted by Crippen LogP contribution is 2.53. The fourth-order valence-electron chi connectivity index (χ4n) is 6.72. The summed E-state index contributed by atoms with van der Waals surface area (Å²) < 4.78 is 5.05. The minimum absolute atomic E-state index is 0.0347. The molecule has 0 radical (unpaired) electrons. The highest BCUT2D eigenvalue weighted by atomic mass is 16.5.